The van der Waals surface area contributed by atoms with Crippen LogP contribution in [0.4, 0.5) is 11.5 Å². The van der Waals surface area contributed by atoms with Crippen LogP contribution in [-0.2, 0) is 13.0 Å². The molecule has 0 atom stereocenters. The number of hydrogen-bond acceptors (Lipinski definition) is 4. The summed E-state index contributed by atoms with van der Waals surface area (Å²) in [6.07, 6.45) is 0.719. The Morgan fingerprint density at radius 3 is 3.05 bits per heavy atom. The maximum absolute atomic E-state index is 11.8. The van der Waals surface area contributed by atoms with E-state index in [1.165, 1.54) is 5.56 Å². The lowest BCUT2D eigenvalue weighted by molar-refractivity contribution is 0.710. The minimum absolute atomic E-state index is 0.0958. The first-order chi connectivity index (χ1) is 9.78. The number of para-hydroxylation sites is 1. The predicted octanol–water partition coefficient (Wildman–Crippen LogP) is 1.57. The Bertz CT molecular complexity index is 665. The summed E-state index contributed by atoms with van der Waals surface area (Å²) < 4.78 is 0. The third-order valence-electron chi connectivity index (χ3n) is 3.50. The van der Waals surface area contributed by atoms with E-state index < -0.39 is 0 Å². The van der Waals surface area contributed by atoms with Gasteiger partial charge in [0.1, 0.15) is 11.6 Å². The first kappa shape index (κ1) is 12.9. The molecule has 0 amide bonds. The first-order valence-electron chi connectivity index (χ1n) is 6.94. The quantitative estimate of drug-likeness (QED) is 0.869. The number of aromatic amines is 1. The largest absolute Gasteiger partial charge is 0.325 e. The second-order valence-electron chi connectivity index (χ2n) is 4.86. The van der Waals surface area contributed by atoms with Crippen LogP contribution in [0.3, 0.4) is 0 Å². The summed E-state index contributed by atoms with van der Waals surface area (Å²) in [5.74, 6) is 1.45. The molecule has 0 spiro atoms. The molecule has 2 aromatic rings. The van der Waals surface area contributed by atoms with Gasteiger partial charge in [-0.25, -0.2) is 4.98 Å². The minimum Gasteiger partial charge on any atom is -0.325 e. The zero-order chi connectivity index (χ0) is 13.9. The van der Waals surface area contributed by atoms with Crippen molar-refractivity contribution in [3.63, 3.8) is 0 Å². The molecule has 3 rings (SSSR count). The van der Waals surface area contributed by atoms with Gasteiger partial charge in [0, 0.05) is 37.8 Å². The van der Waals surface area contributed by atoms with Gasteiger partial charge >= 0.3 is 0 Å². The Kier molecular flexibility index (Phi) is 3.52. The van der Waals surface area contributed by atoms with E-state index in [-0.39, 0.29) is 5.56 Å². The average Bonchev–Trinajstić information content (AvgIpc) is 2.69. The van der Waals surface area contributed by atoms with Crippen molar-refractivity contribution in [1.82, 2.24) is 15.3 Å². The minimum atomic E-state index is -0.0958. The number of rotatable bonds is 2. The van der Waals surface area contributed by atoms with Gasteiger partial charge in [-0.2, -0.15) is 0 Å². The zero-order valence-corrected chi connectivity index (χ0v) is 11.5. The van der Waals surface area contributed by atoms with Crippen molar-refractivity contribution in [2.45, 2.75) is 19.9 Å². The molecule has 0 bridgehead atoms. The Morgan fingerprint density at radius 1 is 1.35 bits per heavy atom. The molecule has 0 saturated heterocycles. The molecule has 20 heavy (non-hydrogen) atoms. The van der Waals surface area contributed by atoms with Gasteiger partial charge < -0.3 is 15.2 Å². The lowest BCUT2D eigenvalue weighted by Crippen LogP contribution is -2.27. The van der Waals surface area contributed by atoms with Crippen LogP contribution in [0.2, 0.25) is 0 Å². The lowest BCUT2D eigenvalue weighted by Gasteiger charge is -2.23. The summed E-state index contributed by atoms with van der Waals surface area (Å²) in [5, 5.41) is 3.39. The summed E-state index contributed by atoms with van der Waals surface area (Å²) in [5.41, 5.74) is 2.25. The monoisotopic (exact) mass is 270 g/mol. The molecule has 0 saturated carbocycles. The third kappa shape index (κ3) is 2.44. The van der Waals surface area contributed by atoms with Crippen molar-refractivity contribution < 1.29 is 0 Å². The fourth-order valence-electron chi connectivity index (χ4n) is 2.50. The highest BCUT2D eigenvalue weighted by Crippen LogP contribution is 2.27. The summed E-state index contributed by atoms with van der Waals surface area (Å²) in [4.78, 5) is 21.2. The number of hydrogen-bond donors (Lipinski definition) is 2. The summed E-state index contributed by atoms with van der Waals surface area (Å²) in [6.45, 7) is 4.50. The molecule has 0 radical (unpaired) electrons. The Balaban J connectivity index is 2.09. The summed E-state index contributed by atoms with van der Waals surface area (Å²) in [6, 6.07) is 9.81. The third-order valence-corrected chi connectivity index (χ3v) is 3.50. The first-order valence-corrected chi connectivity index (χ1v) is 6.94. The van der Waals surface area contributed by atoms with Crippen LogP contribution < -0.4 is 15.8 Å². The van der Waals surface area contributed by atoms with Crippen molar-refractivity contribution in [1.29, 1.82) is 0 Å². The van der Waals surface area contributed by atoms with Crippen LogP contribution in [0, 0.1) is 0 Å². The Morgan fingerprint density at radius 2 is 2.20 bits per heavy atom. The SMILES string of the molecule is CCc1nc(N2CCNCc3ccccc32)cc(=O)[nH]1. The van der Waals surface area contributed by atoms with E-state index in [1.54, 1.807) is 6.07 Å². The smallest absolute Gasteiger partial charge is 0.252 e. The maximum Gasteiger partial charge on any atom is 0.252 e. The number of aryl methyl sites for hydroxylation is 1. The standard InChI is InChI=1S/C15H18N4O/c1-2-13-17-14(9-15(20)18-13)19-8-7-16-10-11-5-3-4-6-12(11)19/h3-6,9,16H,2,7-8,10H2,1H3,(H,17,18,20). The number of H-pyrrole nitrogens is 1. The highest BCUT2D eigenvalue weighted by atomic mass is 16.1. The van der Waals surface area contributed by atoms with Crippen LogP contribution in [0.25, 0.3) is 0 Å². The highest BCUT2D eigenvalue weighted by molar-refractivity contribution is 5.64. The van der Waals surface area contributed by atoms with Crippen LogP contribution in [0.1, 0.15) is 18.3 Å². The van der Waals surface area contributed by atoms with Gasteiger partial charge in [0.05, 0.1) is 0 Å². The molecule has 1 aromatic carbocycles. The van der Waals surface area contributed by atoms with Gasteiger partial charge in [0.25, 0.3) is 5.56 Å². The van der Waals surface area contributed by atoms with E-state index in [9.17, 15) is 4.79 Å². The second-order valence-corrected chi connectivity index (χ2v) is 4.86. The van der Waals surface area contributed by atoms with Crippen molar-refractivity contribution >= 4 is 11.5 Å². The molecule has 5 nitrogen and oxygen atoms in total. The highest BCUT2D eigenvalue weighted by Gasteiger charge is 2.17. The topological polar surface area (TPSA) is 61.0 Å². The maximum atomic E-state index is 11.8. The lowest BCUT2D eigenvalue weighted by atomic mass is 10.1. The van der Waals surface area contributed by atoms with E-state index in [0.29, 0.717) is 0 Å². The molecule has 1 aliphatic rings. The Hall–Kier alpha value is -2.14. The van der Waals surface area contributed by atoms with Crippen molar-refractivity contribution in [3.8, 4) is 0 Å². The van der Waals surface area contributed by atoms with E-state index in [4.69, 9.17) is 0 Å². The molecule has 104 valence electrons. The summed E-state index contributed by atoms with van der Waals surface area (Å²) >= 11 is 0. The molecule has 2 N–H and O–H groups in total. The van der Waals surface area contributed by atoms with E-state index in [2.05, 4.69) is 32.3 Å². The van der Waals surface area contributed by atoms with Crippen molar-refractivity contribution in [3.05, 3.63) is 52.1 Å². The van der Waals surface area contributed by atoms with E-state index in [1.807, 2.05) is 19.1 Å². The summed E-state index contributed by atoms with van der Waals surface area (Å²) in [7, 11) is 0. The van der Waals surface area contributed by atoms with E-state index >= 15 is 0 Å². The zero-order valence-electron chi connectivity index (χ0n) is 11.5. The van der Waals surface area contributed by atoms with Crippen LogP contribution >= 0.6 is 0 Å². The molecule has 1 aromatic heterocycles. The van der Waals surface area contributed by atoms with Crippen LogP contribution in [-0.4, -0.2) is 23.1 Å². The second kappa shape index (κ2) is 5.46. The fraction of sp³-hybridized carbons (Fsp3) is 0.333. The van der Waals surface area contributed by atoms with Gasteiger partial charge in [-0.3, -0.25) is 4.79 Å². The molecule has 1 aliphatic heterocycles. The van der Waals surface area contributed by atoms with Crippen LogP contribution in [0.15, 0.2) is 35.1 Å². The molecule has 0 unspecified atom stereocenters. The average molecular weight is 270 g/mol. The van der Waals surface area contributed by atoms with Gasteiger partial charge in [0.2, 0.25) is 0 Å². The molecule has 5 heteroatoms. The molecule has 2 heterocycles. The normalized spacial score (nSPS) is 14.8. The molecular weight excluding hydrogens is 252 g/mol. The number of aromatic nitrogens is 2. The number of nitrogens with one attached hydrogen (secondary N) is 2. The van der Waals surface area contributed by atoms with Crippen molar-refractivity contribution in [2.24, 2.45) is 0 Å². The number of anilines is 2. The predicted molar refractivity (Wildman–Crippen MR) is 79.4 cm³/mol. The Labute approximate surface area is 117 Å². The van der Waals surface area contributed by atoms with Crippen molar-refractivity contribution in [2.75, 3.05) is 18.0 Å². The number of benzene rings is 1. The molecular formula is C15H18N4O. The number of nitrogens with zero attached hydrogens (tertiary/aromatic N) is 2. The molecule has 0 aliphatic carbocycles. The number of fused-ring (bicyclic) bond motifs is 1. The van der Waals surface area contributed by atoms with Gasteiger partial charge in [-0.15, -0.1) is 0 Å². The van der Waals surface area contributed by atoms with E-state index in [0.717, 1.165) is 43.4 Å². The molecule has 0 fully saturated rings. The fourth-order valence-corrected chi connectivity index (χ4v) is 2.50. The van der Waals surface area contributed by atoms with Gasteiger partial charge in [0.15, 0.2) is 0 Å². The van der Waals surface area contributed by atoms with Gasteiger partial charge in [-0.05, 0) is 11.6 Å². The van der Waals surface area contributed by atoms with Gasteiger partial charge in [-0.1, -0.05) is 25.1 Å². The van der Waals surface area contributed by atoms with Crippen LogP contribution in [0.5, 0.6) is 0 Å².